The van der Waals surface area contributed by atoms with E-state index in [4.69, 9.17) is 17.3 Å². The van der Waals surface area contributed by atoms with Gasteiger partial charge in [-0.3, -0.25) is 14.4 Å². The number of halogens is 1. The number of rotatable bonds is 5. The van der Waals surface area contributed by atoms with Crippen molar-refractivity contribution in [2.45, 2.75) is 38.0 Å². The normalized spacial score (nSPS) is 25.0. The molecule has 9 nitrogen and oxygen atoms in total. The Morgan fingerprint density at radius 3 is 2.49 bits per heavy atom. The lowest BCUT2D eigenvalue weighted by molar-refractivity contribution is -0.147. The highest BCUT2D eigenvalue weighted by atomic mass is 35.5. The Hall–Kier alpha value is -3.66. The van der Waals surface area contributed by atoms with E-state index in [9.17, 15) is 34.8 Å². The van der Waals surface area contributed by atoms with Crippen molar-refractivity contribution >= 4 is 34.8 Å². The van der Waals surface area contributed by atoms with Crippen LogP contribution in [0.4, 0.5) is 0 Å². The number of aliphatic hydroxyl groups excluding tert-OH is 2. The molecule has 2 aromatic carbocycles. The van der Waals surface area contributed by atoms with Gasteiger partial charge >= 0.3 is 0 Å². The zero-order chi connectivity index (χ0) is 26.6. The van der Waals surface area contributed by atoms with Crippen LogP contribution in [-0.4, -0.2) is 43.5 Å². The molecule has 0 bridgehead atoms. The van der Waals surface area contributed by atoms with Crippen molar-refractivity contribution in [1.29, 1.82) is 0 Å². The lowest BCUT2D eigenvalue weighted by Crippen LogP contribution is -2.58. The Bertz CT molecular complexity index is 1420. The molecule has 1 saturated carbocycles. The SMILES string of the molecule is NC(=O)C1=C(O)[C@@]2(O)C(=O)C3=C(O)c4c(O)cc(CNCc5ccccc5)c(Cl)c4CC3C[C@H]2CC1=O. The first-order valence-corrected chi connectivity index (χ1v) is 12.2. The number of phenolic OH excluding ortho intramolecular Hbond substituents is 1. The van der Waals surface area contributed by atoms with Gasteiger partial charge in [0.05, 0.1) is 5.56 Å². The minimum Gasteiger partial charge on any atom is -0.508 e. The van der Waals surface area contributed by atoms with Crippen LogP contribution in [0.25, 0.3) is 5.76 Å². The van der Waals surface area contributed by atoms with Crippen molar-refractivity contribution < 1.29 is 34.8 Å². The summed E-state index contributed by atoms with van der Waals surface area (Å²) >= 11 is 6.71. The summed E-state index contributed by atoms with van der Waals surface area (Å²) in [6.45, 7) is 0.904. The fourth-order valence-corrected chi connectivity index (χ4v) is 6.08. The summed E-state index contributed by atoms with van der Waals surface area (Å²) in [5.74, 6) is -6.67. The van der Waals surface area contributed by atoms with Crippen molar-refractivity contribution in [2.75, 3.05) is 0 Å². The second kappa shape index (κ2) is 9.02. The maximum Gasteiger partial charge on any atom is 0.255 e. The van der Waals surface area contributed by atoms with Gasteiger partial charge in [-0.1, -0.05) is 41.9 Å². The maximum atomic E-state index is 13.5. The Balaban J connectivity index is 1.52. The molecule has 0 heterocycles. The zero-order valence-corrected chi connectivity index (χ0v) is 20.4. The van der Waals surface area contributed by atoms with E-state index in [1.807, 2.05) is 30.3 Å². The topological polar surface area (TPSA) is 170 Å². The van der Waals surface area contributed by atoms with Gasteiger partial charge in [0.1, 0.15) is 22.8 Å². The summed E-state index contributed by atoms with van der Waals surface area (Å²) in [6.07, 6.45) is -0.159. The van der Waals surface area contributed by atoms with Gasteiger partial charge in [0, 0.05) is 36.0 Å². The third-order valence-electron chi connectivity index (χ3n) is 7.56. The minimum atomic E-state index is -2.59. The number of hydrogen-bond acceptors (Lipinski definition) is 8. The van der Waals surface area contributed by atoms with Gasteiger partial charge in [0.15, 0.2) is 11.4 Å². The fraction of sp³-hybridized carbons (Fsp3) is 0.296. The van der Waals surface area contributed by atoms with Crippen LogP contribution in [0.5, 0.6) is 5.75 Å². The molecule has 3 aliphatic rings. The number of phenols is 1. The number of ketones is 2. The highest BCUT2D eigenvalue weighted by Gasteiger charge is 2.60. The molecule has 0 aromatic heterocycles. The molecule has 37 heavy (non-hydrogen) atoms. The highest BCUT2D eigenvalue weighted by molar-refractivity contribution is 6.32. The predicted molar refractivity (Wildman–Crippen MR) is 133 cm³/mol. The largest absolute Gasteiger partial charge is 0.508 e. The van der Waals surface area contributed by atoms with Crippen LogP contribution in [-0.2, 0) is 33.9 Å². The average molecular weight is 525 g/mol. The van der Waals surface area contributed by atoms with E-state index in [-0.39, 0.29) is 36.1 Å². The lowest BCUT2D eigenvalue weighted by atomic mass is 9.59. The summed E-state index contributed by atoms with van der Waals surface area (Å²) in [5, 5.41) is 47.4. The van der Waals surface area contributed by atoms with E-state index in [0.29, 0.717) is 29.2 Å². The number of nitrogens with one attached hydrogen (secondary N) is 1. The number of nitrogens with two attached hydrogens (primary N) is 1. The molecular weight excluding hydrogens is 500 g/mol. The minimum absolute atomic E-state index is 0.0241. The number of carbonyl (C=O) groups excluding carboxylic acids is 3. The smallest absolute Gasteiger partial charge is 0.255 e. The maximum absolute atomic E-state index is 13.5. The monoisotopic (exact) mass is 524 g/mol. The first-order valence-electron chi connectivity index (χ1n) is 11.8. The van der Waals surface area contributed by atoms with E-state index in [2.05, 4.69) is 5.32 Å². The molecule has 3 atom stereocenters. The molecule has 3 aliphatic carbocycles. The molecule has 2 aromatic rings. The number of benzene rings is 2. The predicted octanol–water partition coefficient (Wildman–Crippen LogP) is 2.37. The quantitative estimate of drug-likeness (QED) is 0.324. The first kappa shape index (κ1) is 25.0. The van der Waals surface area contributed by atoms with E-state index >= 15 is 0 Å². The van der Waals surface area contributed by atoms with Crippen molar-refractivity contribution in [3.8, 4) is 5.75 Å². The Morgan fingerprint density at radius 2 is 1.81 bits per heavy atom. The third-order valence-corrected chi connectivity index (χ3v) is 8.03. The number of primary amides is 1. The van der Waals surface area contributed by atoms with Crippen LogP contribution in [0, 0.1) is 11.8 Å². The summed E-state index contributed by atoms with van der Waals surface area (Å²) < 4.78 is 0. The van der Waals surface area contributed by atoms with Gasteiger partial charge in [0.25, 0.3) is 5.91 Å². The Labute approximate surface area is 216 Å². The van der Waals surface area contributed by atoms with Crippen LogP contribution in [0.1, 0.15) is 35.1 Å². The summed E-state index contributed by atoms with van der Waals surface area (Å²) in [7, 11) is 0. The summed E-state index contributed by atoms with van der Waals surface area (Å²) in [4.78, 5) is 37.7. The average Bonchev–Trinajstić information content (AvgIpc) is 2.84. The van der Waals surface area contributed by atoms with Crippen molar-refractivity contribution in [3.63, 3.8) is 0 Å². The molecule has 0 saturated heterocycles. The Kier molecular flexibility index (Phi) is 6.10. The van der Waals surface area contributed by atoms with E-state index < -0.39 is 52.0 Å². The Morgan fingerprint density at radius 1 is 1.11 bits per heavy atom. The van der Waals surface area contributed by atoms with E-state index in [0.717, 1.165) is 5.56 Å². The molecule has 10 heteroatoms. The van der Waals surface area contributed by atoms with Gasteiger partial charge < -0.3 is 31.5 Å². The number of amides is 1. The molecule has 1 amide bonds. The van der Waals surface area contributed by atoms with Gasteiger partial charge in [-0.15, -0.1) is 0 Å². The van der Waals surface area contributed by atoms with Gasteiger partial charge in [0.2, 0.25) is 5.78 Å². The molecule has 1 unspecified atom stereocenters. The highest BCUT2D eigenvalue weighted by Crippen LogP contribution is 2.53. The molecule has 0 radical (unpaired) electrons. The van der Waals surface area contributed by atoms with E-state index in [1.165, 1.54) is 6.07 Å². The number of Topliss-reactive ketones (excluding diaryl/α,β-unsaturated/α-hetero) is 2. The lowest BCUT2D eigenvalue weighted by Gasteiger charge is -2.46. The van der Waals surface area contributed by atoms with Crippen molar-refractivity contribution in [2.24, 2.45) is 17.6 Å². The second-order valence-corrected chi connectivity index (χ2v) is 10.1. The first-order chi connectivity index (χ1) is 17.6. The number of carbonyl (C=O) groups is 3. The summed E-state index contributed by atoms with van der Waals surface area (Å²) in [5.41, 5.74) is 3.69. The number of hydrogen-bond donors (Lipinski definition) is 6. The van der Waals surface area contributed by atoms with Gasteiger partial charge in [-0.25, -0.2) is 0 Å². The molecule has 5 rings (SSSR count). The number of aromatic hydroxyl groups is 1. The van der Waals surface area contributed by atoms with Gasteiger partial charge in [-0.05, 0) is 41.5 Å². The molecule has 7 N–H and O–H groups in total. The van der Waals surface area contributed by atoms with E-state index in [1.54, 1.807) is 0 Å². The van der Waals surface area contributed by atoms with Crippen molar-refractivity contribution in [1.82, 2.24) is 5.32 Å². The number of fused-ring (bicyclic) bond motifs is 3. The second-order valence-electron chi connectivity index (χ2n) is 9.72. The van der Waals surface area contributed by atoms with Crippen LogP contribution >= 0.6 is 11.6 Å². The summed E-state index contributed by atoms with van der Waals surface area (Å²) in [6, 6.07) is 11.1. The molecule has 1 fully saturated rings. The zero-order valence-electron chi connectivity index (χ0n) is 19.6. The third kappa shape index (κ3) is 3.81. The van der Waals surface area contributed by atoms with Crippen LogP contribution < -0.4 is 11.1 Å². The molecule has 0 spiro atoms. The van der Waals surface area contributed by atoms with Crippen LogP contribution in [0.3, 0.4) is 0 Å². The standard InChI is InChI=1S/C27H25ClN2O7/c28-22-14(11-30-10-12-4-2-1-3-5-12)8-17(31)20-16(22)7-13-6-15-9-18(32)21(26(29)36)25(35)27(15,37)24(34)19(13)23(20)33/h1-5,8,13,15,30-31,33,35,37H,6-7,9-11H2,(H2,29,36)/t13?,15-,27-/m0/s1. The van der Waals surface area contributed by atoms with Crippen LogP contribution in [0.15, 0.2) is 53.3 Å². The molecule has 192 valence electrons. The molecule has 0 aliphatic heterocycles. The van der Waals surface area contributed by atoms with Crippen molar-refractivity contribution in [3.05, 3.63) is 80.6 Å². The van der Waals surface area contributed by atoms with Gasteiger partial charge in [-0.2, -0.15) is 0 Å². The van der Waals surface area contributed by atoms with Crippen LogP contribution in [0.2, 0.25) is 5.02 Å². The molecular formula is C27H25ClN2O7. The fourth-order valence-electron chi connectivity index (χ4n) is 5.79. The number of aliphatic hydroxyl groups is 3.